The first-order chi connectivity index (χ1) is 30.5. The number of alkyl halides is 3. The van der Waals surface area contributed by atoms with Crippen LogP contribution in [0.3, 0.4) is 0 Å². The Morgan fingerprint density at radius 1 is 0.969 bits per heavy atom. The van der Waals surface area contributed by atoms with Gasteiger partial charge >= 0.3 is 17.9 Å². The number of benzene rings is 2. The van der Waals surface area contributed by atoms with Crippen LogP contribution in [0.1, 0.15) is 75.3 Å². The molecule has 1 aromatic heterocycles. The van der Waals surface area contributed by atoms with Crippen LogP contribution in [0.4, 0.5) is 5.69 Å². The molecule has 6 heterocycles. The normalized spacial score (nSPS) is 34.8. The Kier molecular flexibility index (Phi) is 12.4. The molecule has 2 aromatic carbocycles. The van der Waals surface area contributed by atoms with Gasteiger partial charge in [0.05, 0.1) is 38.7 Å². The molecule has 1 aliphatic carbocycles. The van der Waals surface area contributed by atoms with Gasteiger partial charge in [0.2, 0.25) is 12.0 Å². The fourth-order valence-corrected chi connectivity index (χ4v) is 13.4. The summed E-state index contributed by atoms with van der Waals surface area (Å²) in [4.78, 5) is 66.1. The van der Waals surface area contributed by atoms with Gasteiger partial charge in [-0.25, -0.2) is 4.79 Å². The molecule has 1 unspecified atom stereocenters. The second-order valence-corrected chi connectivity index (χ2v) is 20.3. The maximum absolute atomic E-state index is 15.3. The largest absolute Gasteiger partial charge is 0.496 e. The Bertz CT molecular complexity index is 2380. The van der Waals surface area contributed by atoms with Crippen LogP contribution in [0.25, 0.3) is 10.9 Å². The minimum atomic E-state index is -2.53. The number of halogens is 3. The highest BCUT2D eigenvalue weighted by Crippen LogP contribution is 2.68. The molecule has 10 atom stereocenters. The predicted molar refractivity (Wildman–Crippen MR) is 242 cm³/mol. The Balaban J connectivity index is 0.00000135. The summed E-state index contributed by atoms with van der Waals surface area (Å²) < 4.78 is 22.9. The topological polar surface area (TPSA) is 171 Å². The van der Waals surface area contributed by atoms with Crippen LogP contribution in [0.15, 0.2) is 48.6 Å². The Morgan fingerprint density at radius 3 is 2.33 bits per heavy atom. The van der Waals surface area contributed by atoms with Crippen molar-refractivity contribution in [2.24, 2.45) is 11.3 Å². The van der Waals surface area contributed by atoms with Crippen molar-refractivity contribution in [3.05, 3.63) is 70.9 Å². The van der Waals surface area contributed by atoms with Crippen molar-refractivity contribution >= 4 is 75.7 Å². The zero-order valence-corrected chi connectivity index (χ0v) is 39.3. The third kappa shape index (κ3) is 6.71. The first-order valence-electron chi connectivity index (χ1n) is 21.9. The number of nitrogens with zero attached hydrogens (tertiary/aromatic N) is 3. The average Bonchev–Trinajstić information content (AvgIpc) is 3.95. The molecule has 3 fully saturated rings. The van der Waals surface area contributed by atoms with Crippen molar-refractivity contribution in [2.45, 2.75) is 104 Å². The number of aliphatic hydroxyl groups is 2. The summed E-state index contributed by atoms with van der Waals surface area (Å²) in [6, 6.07) is 9.97. The van der Waals surface area contributed by atoms with Crippen molar-refractivity contribution in [3.63, 3.8) is 0 Å². The van der Waals surface area contributed by atoms with E-state index < -0.39 is 67.8 Å². The summed E-state index contributed by atoms with van der Waals surface area (Å²) in [6.45, 7) is 8.16. The summed E-state index contributed by atoms with van der Waals surface area (Å²) in [5, 5.41) is 26.3. The molecule has 2 bridgehead atoms. The molecule has 1 saturated carbocycles. The second-order valence-electron chi connectivity index (χ2n) is 18.4. The summed E-state index contributed by atoms with van der Waals surface area (Å²) in [5.41, 5.74) is -3.15. The smallest absolute Gasteiger partial charge is 0.344 e. The highest BCUT2D eigenvalue weighted by Gasteiger charge is 2.81. The number of carbonyl (C=O) groups is 4. The lowest BCUT2D eigenvalue weighted by molar-refractivity contribution is -0.228. The summed E-state index contributed by atoms with van der Waals surface area (Å²) in [7, 11) is 4.09. The van der Waals surface area contributed by atoms with E-state index >= 15 is 4.79 Å². The van der Waals surface area contributed by atoms with Crippen LogP contribution in [0.2, 0.25) is 0 Å². The van der Waals surface area contributed by atoms with Gasteiger partial charge in [0.15, 0.2) is 10.4 Å². The number of fused-ring (bicyclic) bond motifs is 6. The lowest BCUT2D eigenvalue weighted by atomic mass is 9.47. The van der Waals surface area contributed by atoms with E-state index in [0.717, 1.165) is 16.5 Å². The van der Waals surface area contributed by atoms with E-state index in [-0.39, 0.29) is 12.3 Å². The number of H-pyrrole nitrogens is 1. The number of anilines is 1. The maximum Gasteiger partial charge on any atom is 0.344 e. The van der Waals surface area contributed by atoms with Crippen molar-refractivity contribution in [1.82, 2.24) is 14.8 Å². The summed E-state index contributed by atoms with van der Waals surface area (Å²) >= 11 is 14.4. The van der Waals surface area contributed by atoms with Gasteiger partial charge in [-0.15, -0.1) is 0 Å². The fraction of sp³-hybridized carbons (Fsp3) is 0.574. The van der Waals surface area contributed by atoms with Crippen molar-refractivity contribution < 1.29 is 48.3 Å². The van der Waals surface area contributed by atoms with Gasteiger partial charge in [0, 0.05) is 78.2 Å². The second kappa shape index (κ2) is 17.1. The quantitative estimate of drug-likeness (QED) is 0.0854. The van der Waals surface area contributed by atoms with Gasteiger partial charge in [-0.3, -0.25) is 24.2 Å². The molecule has 5 aliphatic heterocycles. The first kappa shape index (κ1) is 46.6. The number of carbonyl (C=O) groups excluding carboxylic acids is 4. The Morgan fingerprint density at radius 2 is 1.69 bits per heavy atom. The molecule has 1 spiro atoms. The number of hydrogen-bond acceptors (Lipinski definition) is 12. The van der Waals surface area contributed by atoms with Crippen LogP contribution in [0, 0.1) is 11.3 Å². The van der Waals surface area contributed by atoms with E-state index in [1.165, 1.54) is 33.2 Å². The van der Waals surface area contributed by atoms with Gasteiger partial charge in [0.1, 0.15) is 11.2 Å². The molecule has 6 aliphatic rings. The van der Waals surface area contributed by atoms with Gasteiger partial charge in [-0.05, 0) is 74.2 Å². The molecule has 64 heavy (non-hydrogen) atoms. The monoisotopic (exact) mass is 942 g/mol. The van der Waals surface area contributed by atoms with Crippen LogP contribution >= 0.6 is 34.8 Å². The Labute approximate surface area is 388 Å². The number of nitrogens with one attached hydrogen (secondary N) is 1. The van der Waals surface area contributed by atoms with E-state index in [1.54, 1.807) is 6.07 Å². The minimum Gasteiger partial charge on any atom is -0.496 e. The number of ether oxygens (including phenoxy) is 4. The van der Waals surface area contributed by atoms with Crippen LogP contribution in [-0.4, -0.2) is 137 Å². The number of para-hydroxylation sites is 1. The van der Waals surface area contributed by atoms with Crippen molar-refractivity contribution in [3.8, 4) is 5.75 Å². The van der Waals surface area contributed by atoms with Crippen LogP contribution in [-0.2, 0) is 50.6 Å². The molecule has 0 radical (unpaired) electrons. The molecule has 17 heteroatoms. The number of aromatic amines is 1. The highest BCUT2D eigenvalue weighted by molar-refractivity contribution is 6.63. The molecular weight excluding hydrogens is 887 g/mol. The minimum absolute atomic E-state index is 0.155. The van der Waals surface area contributed by atoms with Crippen molar-refractivity contribution in [2.75, 3.05) is 59.0 Å². The van der Waals surface area contributed by atoms with E-state index in [9.17, 15) is 24.6 Å². The van der Waals surface area contributed by atoms with Crippen LogP contribution in [0.5, 0.6) is 5.75 Å². The number of aromatic nitrogens is 1. The zero-order chi connectivity index (χ0) is 46.1. The number of methoxy groups -OCH3 is 3. The molecule has 346 valence electrons. The Hall–Kier alpha value is -3.89. The zero-order valence-electron chi connectivity index (χ0n) is 37.0. The molecule has 1 amide bonds. The molecule has 3 N–H and O–H groups in total. The summed E-state index contributed by atoms with van der Waals surface area (Å²) in [5.74, 6) is -2.06. The van der Waals surface area contributed by atoms with Gasteiger partial charge in [-0.1, -0.05) is 79.0 Å². The third-order valence-electron chi connectivity index (χ3n) is 15.5. The van der Waals surface area contributed by atoms with Gasteiger partial charge in [0.25, 0.3) is 0 Å². The lowest BCUT2D eigenvalue weighted by Crippen LogP contribution is -2.81. The molecule has 2 saturated heterocycles. The molecule has 14 nitrogen and oxygen atoms in total. The van der Waals surface area contributed by atoms with E-state index in [2.05, 4.69) is 20.9 Å². The molecular formula is C47H57Cl3N4O10. The highest BCUT2D eigenvalue weighted by atomic mass is 35.6. The molecule has 9 rings (SSSR count). The number of rotatable bonds is 8. The number of hydrogen-bond donors (Lipinski definition) is 3. The van der Waals surface area contributed by atoms with E-state index in [0.29, 0.717) is 99.5 Å². The fourth-order valence-electron chi connectivity index (χ4n) is 13.4. The average molecular weight is 944 g/mol. The van der Waals surface area contributed by atoms with Crippen LogP contribution < -0.4 is 9.64 Å². The SMILES string of the molecule is CC[C@]1(O)C[C@H]2CN(CCc3c([nH]c4ccccc34)[C@@](C(=O)OC)(c3cc4c(cc3OC)N(C=O)[C@H]3[C@@](O)(C(=O)OC)[C@H](OC(C)=O)[C@]5(CC)C=CCN6CC[C@]43[C@@H]65)C2)C1.ClC(Cl)Cl. The van der Waals surface area contributed by atoms with E-state index in [1.807, 2.05) is 50.3 Å². The lowest BCUT2D eigenvalue weighted by Gasteiger charge is -2.63. The maximum atomic E-state index is 15.3. The first-order valence-corrected chi connectivity index (χ1v) is 23.2. The van der Waals surface area contributed by atoms with Gasteiger partial charge in [-0.2, -0.15) is 0 Å². The standard InChI is InChI=1S/C46H56N4O10.CHCl3/c1-7-42(55)22-28-23-45(40(53)58-5,36-30(14-18-48(24-28)25-42)29-12-9-10-13-33(29)47-36)32-20-31-34(21-35(32)57-4)50(26-51)38-44(31)16-19-49-17-11-15-43(8-2,37(44)49)39(60-27(3)52)46(38,56)41(54)59-6;2-1(3)4/h9-13,15,20-21,26,28,37-39,47,55-56H,7-8,14,16-19,22-25H2,1-6H3;1H/t28-,37+,38-,39-,42+,43-,44-,45+,46+;/m1./s1. The number of esters is 3. The number of amides is 1. The predicted octanol–water partition coefficient (Wildman–Crippen LogP) is 5.50. The number of piperidine rings is 1. The summed E-state index contributed by atoms with van der Waals surface area (Å²) in [6.07, 6.45) is 5.83. The third-order valence-corrected chi connectivity index (χ3v) is 15.5. The molecule has 3 aromatic rings. The van der Waals surface area contributed by atoms with E-state index in [4.69, 9.17) is 53.8 Å². The van der Waals surface area contributed by atoms with Gasteiger partial charge < -0.3 is 39.0 Å². The van der Waals surface area contributed by atoms with Crippen molar-refractivity contribution in [1.29, 1.82) is 0 Å².